The smallest absolute Gasteiger partial charge is 0.261 e. The summed E-state index contributed by atoms with van der Waals surface area (Å²) in [6.45, 7) is 4.63. The Balaban J connectivity index is 1.70. The molecule has 4 rings (SSSR count). The van der Waals surface area contributed by atoms with Crippen molar-refractivity contribution < 1.29 is 4.79 Å². The molecule has 0 aliphatic heterocycles. The fourth-order valence-electron chi connectivity index (χ4n) is 3.43. The quantitative estimate of drug-likeness (QED) is 0.395. The molecule has 0 radical (unpaired) electrons. The van der Waals surface area contributed by atoms with Gasteiger partial charge in [-0.25, -0.2) is 9.97 Å². The largest absolute Gasteiger partial charge is 0.352 e. The Morgan fingerprint density at radius 3 is 2.55 bits per heavy atom. The maximum Gasteiger partial charge on any atom is 0.261 e. The number of amides is 1. The number of carbonyl (C=O) groups excluding carboxylic acids is 1. The van der Waals surface area contributed by atoms with Gasteiger partial charge >= 0.3 is 0 Å². The Kier molecular flexibility index (Phi) is 6.35. The highest BCUT2D eigenvalue weighted by Gasteiger charge is 2.13. The predicted octanol–water partition coefficient (Wildman–Crippen LogP) is 4.26. The average Bonchev–Trinajstić information content (AvgIpc) is 2.80. The van der Waals surface area contributed by atoms with Crippen molar-refractivity contribution in [2.75, 3.05) is 17.2 Å². The number of anilines is 4. The molecule has 8 nitrogen and oxygen atoms in total. The Hall–Kier alpha value is -4.20. The summed E-state index contributed by atoms with van der Waals surface area (Å²) in [6, 6.07) is 14.6. The molecule has 1 amide bonds. The number of benzene rings is 1. The first kappa shape index (κ1) is 22.0. The first-order valence-corrected chi connectivity index (χ1v) is 10.8. The van der Waals surface area contributed by atoms with E-state index in [-0.39, 0.29) is 11.5 Å². The summed E-state index contributed by atoms with van der Waals surface area (Å²) >= 11 is 0. The van der Waals surface area contributed by atoms with Gasteiger partial charge in [-0.2, -0.15) is 0 Å². The number of pyridine rings is 3. The number of aromatic nitrogens is 3. The average molecular weight is 443 g/mol. The maximum absolute atomic E-state index is 12.9. The third-order valence-corrected chi connectivity index (χ3v) is 5.18. The van der Waals surface area contributed by atoms with Crippen LogP contribution in [0.25, 0.3) is 10.8 Å². The zero-order chi connectivity index (χ0) is 23.4. The number of hydrogen-bond acceptors (Lipinski definition) is 6. The van der Waals surface area contributed by atoms with Gasteiger partial charge < -0.3 is 20.5 Å². The van der Waals surface area contributed by atoms with Gasteiger partial charge in [-0.15, -0.1) is 0 Å². The molecule has 0 atom stereocenters. The molecule has 0 saturated heterocycles. The number of nitrogens with zero attached hydrogens (tertiary/aromatic N) is 3. The summed E-state index contributed by atoms with van der Waals surface area (Å²) in [5, 5.41) is 10.6. The van der Waals surface area contributed by atoms with Crippen LogP contribution in [0.4, 0.5) is 23.1 Å². The predicted molar refractivity (Wildman–Crippen MR) is 132 cm³/mol. The highest BCUT2D eigenvalue weighted by Crippen LogP contribution is 2.26. The van der Waals surface area contributed by atoms with Gasteiger partial charge in [-0.1, -0.05) is 6.92 Å². The molecule has 0 aliphatic rings. The minimum atomic E-state index is -0.154. The monoisotopic (exact) mass is 442 g/mol. The number of hydrogen-bond donors (Lipinski definition) is 3. The van der Waals surface area contributed by atoms with Crippen LogP contribution in [0.5, 0.6) is 0 Å². The summed E-state index contributed by atoms with van der Waals surface area (Å²) < 4.78 is 1.52. The molecule has 0 saturated carbocycles. The van der Waals surface area contributed by atoms with Crippen LogP contribution in [0.3, 0.4) is 0 Å². The van der Waals surface area contributed by atoms with Gasteiger partial charge in [0.05, 0.1) is 5.39 Å². The highest BCUT2D eigenvalue weighted by atomic mass is 16.1. The van der Waals surface area contributed by atoms with Crippen molar-refractivity contribution in [2.45, 2.75) is 20.3 Å². The van der Waals surface area contributed by atoms with Crippen molar-refractivity contribution in [3.8, 4) is 0 Å². The lowest BCUT2D eigenvalue weighted by Crippen LogP contribution is -2.23. The van der Waals surface area contributed by atoms with Crippen LogP contribution in [0.15, 0.2) is 65.7 Å². The van der Waals surface area contributed by atoms with E-state index in [4.69, 9.17) is 0 Å². The summed E-state index contributed by atoms with van der Waals surface area (Å²) in [5.41, 5.74) is 2.21. The third kappa shape index (κ3) is 5.01. The van der Waals surface area contributed by atoms with Crippen molar-refractivity contribution >= 4 is 39.8 Å². The summed E-state index contributed by atoms with van der Waals surface area (Å²) in [5.74, 6) is 1.54. The first-order chi connectivity index (χ1) is 15.9. The SMILES string of the molecule is CCCNC(=O)c1ccc(Nc2nc(Nc3cc(C)ccn3)cc3ccn(C)c(=O)c23)cc1. The molecule has 3 N–H and O–H groups in total. The fourth-order valence-corrected chi connectivity index (χ4v) is 3.43. The molecule has 1 aromatic carbocycles. The molecule has 0 unspecified atom stereocenters. The number of carbonyl (C=O) groups is 1. The van der Waals surface area contributed by atoms with E-state index in [0.717, 1.165) is 17.4 Å². The van der Waals surface area contributed by atoms with Crippen molar-refractivity contribution in [3.63, 3.8) is 0 Å². The number of nitrogens with one attached hydrogen (secondary N) is 3. The van der Waals surface area contributed by atoms with Gasteiger partial charge in [-0.3, -0.25) is 9.59 Å². The van der Waals surface area contributed by atoms with Gasteiger partial charge in [0, 0.05) is 37.2 Å². The minimum absolute atomic E-state index is 0.113. The van der Waals surface area contributed by atoms with Crippen LogP contribution in [0.2, 0.25) is 0 Å². The van der Waals surface area contributed by atoms with Gasteiger partial charge in [-0.05, 0) is 72.8 Å². The van der Waals surface area contributed by atoms with Crippen molar-refractivity contribution in [1.82, 2.24) is 19.9 Å². The summed E-state index contributed by atoms with van der Waals surface area (Å²) in [6.07, 6.45) is 4.33. The molecular formula is C25H26N6O2. The van der Waals surface area contributed by atoms with Gasteiger partial charge in [0.25, 0.3) is 11.5 Å². The van der Waals surface area contributed by atoms with Crippen LogP contribution >= 0.6 is 0 Å². The van der Waals surface area contributed by atoms with E-state index in [1.807, 2.05) is 38.1 Å². The molecule has 33 heavy (non-hydrogen) atoms. The molecule has 0 aliphatic carbocycles. The van der Waals surface area contributed by atoms with E-state index >= 15 is 0 Å². The Labute approximate surface area is 191 Å². The van der Waals surface area contributed by atoms with Crippen LogP contribution in [-0.2, 0) is 7.05 Å². The first-order valence-electron chi connectivity index (χ1n) is 10.8. The third-order valence-electron chi connectivity index (χ3n) is 5.18. The Morgan fingerprint density at radius 1 is 1.03 bits per heavy atom. The van der Waals surface area contributed by atoms with Gasteiger partial charge in [0.15, 0.2) is 0 Å². The Morgan fingerprint density at radius 2 is 1.82 bits per heavy atom. The maximum atomic E-state index is 12.9. The molecule has 0 bridgehead atoms. The lowest BCUT2D eigenvalue weighted by Gasteiger charge is -2.13. The van der Waals surface area contributed by atoms with E-state index < -0.39 is 0 Å². The second kappa shape index (κ2) is 9.52. The van der Waals surface area contributed by atoms with E-state index in [9.17, 15) is 9.59 Å². The van der Waals surface area contributed by atoms with Gasteiger partial charge in [0.1, 0.15) is 17.5 Å². The van der Waals surface area contributed by atoms with E-state index in [1.54, 1.807) is 43.7 Å². The molecule has 0 spiro atoms. The van der Waals surface area contributed by atoms with E-state index in [2.05, 4.69) is 25.9 Å². The molecule has 3 aromatic heterocycles. The standard InChI is InChI=1S/C25H26N6O2/c1-4-11-27-24(32)17-5-7-19(8-6-17)28-23-22-18(10-13-31(3)25(22)33)15-21(30-23)29-20-14-16(2)9-12-26-20/h5-10,12-15H,4,11H2,1-3H3,(H,27,32)(H2,26,28,29,30). The Bertz CT molecular complexity index is 1360. The number of rotatable bonds is 7. The van der Waals surface area contributed by atoms with Crippen molar-refractivity contribution in [1.29, 1.82) is 0 Å². The lowest BCUT2D eigenvalue weighted by molar-refractivity contribution is 0.0953. The second-order valence-corrected chi connectivity index (χ2v) is 7.85. The zero-order valence-corrected chi connectivity index (χ0v) is 18.8. The van der Waals surface area contributed by atoms with E-state index in [1.165, 1.54) is 4.57 Å². The van der Waals surface area contributed by atoms with Crippen LogP contribution in [0, 0.1) is 6.92 Å². The molecule has 8 heteroatoms. The number of fused-ring (bicyclic) bond motifs is 1. The van der Waals surface area contributed by atoms with Gasteiger partial charge in [0.2, 0.25) is 0 Å². The minimum Gasteiger partial charge on any atom is -0.352 e. The lowest BCUT2D eigenvalue weighted by atomic mass is 10.1. The summed E-state index contributed by atoms with van der Waals surface area (Å²) in [7, 11) is 1.71. The molecule has 0 fully saturated rings. The second-order valence-electron chi connectivity index (χ2n) is 7.85. The normalized spacial score (nSPS) is 10.8. The van der Waals surface area contributed by atoms with Crippen LogP contribution < -0.4 is 21.5 Å². The van der Waals surface area contributed by atoms with Crippen LogP contribution in [-0.4, -0.2) is 27.0 Å². The topological polar surface area (TPSA) is 101 Å². The molecule has 3 heterocycles. The van der Waals surface area contributed by atoms with Crippen LogP contribution in [0.1, 0.15) is 29.3 Å². The molecule has 168 valence electrons. The van der Waals surface area contributed by atoms with Crippen molar-refractivity contribution in [3.05, 3.63) is 82.4 Å². The zero-order valence-electron chi connectivity index (χ0n) is 18.8. The number of aryl methyl sites for hydroxylation is 2. The van der Waals surface area contributed by atoms with E-state index in [0.29, 0.717) is 40.6 Å². The molecular weight excluding hydrogens is 416 g/mol. The highest BCUT2D eigenvalue weighted by molar-refractivity contribution is 5.96. The fraction of sp³-hybridized carbons (Fsp3) is 0.200. The molecule has 4 aromatic rings. The summed E-state index contributed by atoms with van der Waals surface area (Å²) in [4.78, 5) is 34.1. The van der Waals surface area contributed by atoms with Crippen molar-refractivity contribution in [2.24, 2.45) is 7.05 Å².